The van der Waals surface area contributed by atoms with E-state index in [0.717, 1.165) is 24.1 Å². The third-order valence-electron chi connectivity index (χ3n) is 7.72. The second-order valence-corrected chi connectivity index (χ2v) is 14.3. The molecule has 1 aliphatic rings. The minimum absolute atomic E-state index is 0.0943. The Balaban J connectivity index is 1.36. The molecule has 5 rings (SSSR count). The van der Waals surface area contributed by atoms with Crippen molar-refractivity contribution in [2.45, 2.75) is 57.1 Å². The molecule has 1 aliphatic heterocycles. The number of benzene rings is 1. The number of anilines is 3. The number of carbonyl (C=O) groups is 1. The summed E-state index contributed by atoms with van der Waals surface area (Å²) in [4.78, 5) is 31.2. The summed E-state index contributed by atoms with van der Waals surface area (Å²) in [6, 6.07) is 3.27. The van der Waals surface area contributed by atoms with Gasteiger partial charge in [0.2, 0.25) is 5.95 Å². The molecule has 0 amide bonds. The van der Waals surface area contributed by atoms with Crippen LogP contribution in [0.15, 0.2) is 35.7 Å². The number of aromatic amines is 1. The Morgan fingerprint density at radius 2 is 1.77 bits per heavy atom. The van der Waals surface area contributed by atoms with E-state index < -0.39 is 20.6 Å². The zero-order chi connectivity index (χ0) is 30.9. The number of fused-ring (bicyclic) bond motifs is 1. The maximum absolute atomic E-state index is 13.8. The molecule has 0 unspecified atom stereocenters. The summed E-state index contributed by atoms with van der Waals surface area (Å²) in [5.41, 5.74) is 2.70. The Morgan fingerprint density at radius 1 is 1.07 bits per heavy atom. The smallest absolute Gasteiger partial charge is 0.341 e. The van der Waals surface area contributed by atoms with Crippen LogP contribution >= 0.6 is 0 Å². The molecular formula is C29H36N8O5S. The molecule has 3 aromatic heterocycles. The number of aromatic nitrogens is 6. The highest BCUT2D eigenvalue weighted by molar-refractivity contribution is 7.92. The molecule has 0 aliphatic carbocycles. The Labute approximate surface area is 250 Å². The molecule has 0 saturated carbocycles. The summed E-state index contributed by atoms with van der Waals surface area (Å²) in [6.45, 7) is 10.6. The Hall–Kier alpha value is -4.33. The van der Waals surface area contributed by atoms with E-state index in [1.54, 1.807) is 32.9 Å². The van der Waals surface area contributed by atoms with Crippen LogP contribution in [0.25, 0.3) is 10.9 Å². The van der Waals surface area contributed by atoms with Crippen LogP contribution in [0.3, 0.4) is 0 Å². The number of methoxy groups -OCH3 is 1. The molecule has 0 bridgehead atoms. The number of sulfone groups is 1. The SMILES string of the molecule is COC(=O)c1cnc(N2CCC(COc3cc4ncnc(Nc5n[nH]c(C)c5C)c4cc3S(=O)(=O)C(C)(C)C)CC2)nc1. The lowest BCUT2D eigenvalue weighted by molar-refractivity contribution is 0.0599. The predicted octanol–water partition coefficient (Wildman–Crippen LogP) is 4.16. The fourth-order valence-corrected chi connectivity index (χ4v) is 6.07. The number of carbonyl (C=O) groups excluding carboxylic acids is 1. The first-order valence-corrected chi connectivity index (χ1v) is 15.5. The fourth-order valence-electron chi connectivity index (χ4n) is 4.75. The van der Waals surface area contributed by atoms with Gasteiger partial charge in [-0.05, 0) is 59.4 Å². The van der Waals surface area contributed by atoms with Crippen LogP contribution in [-0.2, 0) is 14.6 Å². The predicted molar refractivity (Wildman–Crippen MR) is 162 cm³/mol. The lowest BCUT2D eigenvalue weighted by Crippen LogP contribution is -2.36. The number of aryl methyl sites for hydroxylation is 1. The van der Waals surface area contributed by atoms with E-state index >= 15 is 0 Å². The second kappa shape index (κ2) is 11.7. The zero-order valence-electron chi connectivity index (χ0n) is 25.1. The molecule has 0 radical (unpaired) electrons. The van der Waals surface area contributed by atoms with Gasteiger partial charge in [-0.1, -0.05) is 0 Å². The highest BCUT2D eigenvalue weighted by atomic mass is 32.2. The van der Waals surface area contributed by atoms with Crippen molar-refractivity contribution in [1.29, 1.82) is 0 Å². The van der Waals surface area contributed by atoms with Gasteiger partial charge in [-0.2, -0.15) is 5.10 Å². The highest BCUT2D eigenvalue weighted by Crippen LogP contribution is 2.37. The van der Waals surface area contributed by atoms with Crippen molar-refractivity contribution in [3.8, 4) is 5.75 Å². The van der Waals surface area contributed by atoms with Gasteiger partial charge in [-0.25, -0.2) is 33.1 Å². The lowest BCUT2D eigenvalue weighted by atomic mass is 9.98. The Kier molecular flexibility index (Phi) is 8.23. The molecule has 43 heavy (non-hydrogen) atoms. The molecule has 4 heterocycles. The van der Waals surface area contributed by atoms with Crippen LogP contribution < -0.4 is 15.0 Å². The van der Waals surface area contributed by atoms with E-state index in [-0.39, 0.29) is 16.6 Å². The summed E-state index contributed by atoms with van der Waals surface area (Å²) >= 11 is 0. The van der Waals surface area contributed by atoms with Gasteiger partial charge in [0, 0.05) is 48.2 Å². The number of esters is 1. The molecule has 1 fully saturated rings. The number of nitrogens with one attached hydrogen (secondary N) is 2. The second-order valence-electron chi connectivity index (χ2n) is 11.6. The van der Waals surface area contributed by atoms with Gasteiger partial charge in [0.25, 0.3) is 0 Å². The molecule has 1 aromatic carbocycles. The molecule has 13 nitrogen and oxygen atoms in total. The van der Waals surface area contributed by atoms with Gasteiger partial charge in [-0.15, -0.1) is 0 Å². The van der Waals surface area contributed by atoms with E-state index in [9.17, 15) is 13.2 Å². The van der Waals surface area contributed by atoms with Crippen molar-refractivity contribution in [2.24, 2.45) is 5.92 Å². The van der Waals surface area contributed by atoms with Gasteiger partial charge in [-0.3, -0.25) is 5.10 Å². The molecule has 0 spiro atoms. The van der Waals surface area contributed by atoms with Crippen LogP contribution in [-0.4, -0.2) is 76.1 Å². The first kappa shape index (κ1) is 30.1. The fraction of sp³-hybridized carbons (Fsp3) is 0.448. The first-order valence-electron chi connectivity index (χ1n) is 14.0. The van der Waals surface area contributed by atoms with Crippen LogP contribution in [0.2, 0.25) is 0 Å². The zero-order valence-corrected chi connectivity index (χ0v) is 25.9. The van der Waals surface area contributed by atoms with Crippen molar-refractivity contribution in [3.63, 3.8) is 0 Å². The van der Waals surface area contributed by atoms with E-state index in [4.69, 9.17) is 9.47 Å². The molecule has 2 N–H and O–H groups in total. The number of H-pyrrole nitrogens is 1. The van der Waals surface area contributed by atoms with E-state index in [1.165, 1.54) is 25.8 Å². The maximum Gasteiger partial charge on any atom is 0.341 e. The van der Waals surface area contributed by atoms with Gasteiger partial charge < -0.3 is 19.7 Å². The molecular weight excluding hydrogens is 572 g/mol. The summed E-state index contributed by atoms with van der Waals surface area (Å²) in [7, 11) is -2.48. The van der Waals surface area contributed by atoms with Crippen LogP contribution in [0.1, 0.15) is 55.2 Å². The van der Waals surface area contributed by atoms with Gasteiger partial charge >= 0.3 is 5.97 Å². The highest BCUT2D eigenvalue weighted by Gasteiger charge is 2.35. The van der Waals surface area contributed by atoms with Gasteiger partial charge in [0.05, 0.1) is 29.5 Å². The summed E-state index contributed by atoms with van der Waals surface area (Å²) < 4.78 is 37.5. The number of nitrogens with zero attached hydrogens (tertiary/aromatic N) is 6. The minimum Gasteiger partial charge on any atom is -0.492 e. The maximum atomic E-state index is 13.8. The number of piperidine rings is 1. The van der Waals surface area contributed by atoms with Gasteiger partial charge in [0.1, 0.15) is 22.8 Å². The van der Waals surface area contributed by atoms with Crippen LogP contribution in [0.5, 0.6) is 5.75 Å². The standard InChI is InChI=1S/C29H36N8O5S/c1-17-18(2)35-36-25(17)34-26-21-11-24(43(39,40)29(3,4)5)23(12-22(21)32-16-33-26)42-15-19-7-9-37(10-8-19)28-30-13-20(14-31-28)27(38)41-6/h11-14,16,19H,7-10,15H2,1-6H3,(H2,32,33,34,35,36). The topological polar surface area (TPSA) is 165 Å². The molecule has 228 valence electrons. The van der Waals surface area contributed by atoms with Crippen LogP contribution in [0, 0.1) is 19.8 Å². The third kappa shape index (κ3) is 6.10. The Morgan fingerprint density at radius 3 is 2.37 bits per heavy atom. The summed E-state index contributed by atoms with van der Waals surface area (Å²) in [6.07, 6.45) is 5.95. The third-order valence-corrected chi connectivity index (χ3v) is 10.2. The average Bonchev–Trinajstić information content (AvgIpc) is 3.31. The monoisotopic (exact) mass is 608 g/mol. The van der Waals surface area contributed by atoms with Crippen molar-refractivity contribution >= 4 is 44.3 Å². The number of rotatable bonds is 8. The summed E-state index contributed by atoms with van der Waals surface area (Å²) in [5, 5.41) is 11.0. The van der Waals surface area contributed by atoms with Crippen molar-refractivity contribution in [3.05, 3.63) is 47.7 Å². The quantitative estimate of drug-likeness (QED) is 0.275. The van der Waals surface area contributed by atoms with Crippen molar-refractivity contribution < 1.29 is 22.7 Å². The minimum atomic E-state index is -3.79. The average molecular weight is 609 g/mol. The number of hydrogen-bond acceptors (Lipinski definition) is 12. The summed E-state index contributed by atoms with van der Waals surface area (Å²) in [5.74, 6) is 1.58. The first-order chi connectivity index (χ1) is 20.4. The molecule has 0 atom stereocenters. The largest absolute Gasteiger partial charge is 0.492 e. The lowest BCUT2D eigenvalue weighted by Gasteiger charge is -2.32. The van der Waals surface area contributed by atoms with E-state index in [1.807, 2.05) is 13.8 Å². The Bertz CT molecular complexity index is 1740. The number of hydrogen-bond donors (Lipinski definition) is 2. The number of ether oxygens (including phenoxy) is 2. The molecule has 14 heteroatoms. The normalized spacial score (nSPS) is 14.6. The van der Waals surface area contributed by atoms with E-state index in [0.29, 0.717) is 53.7 Å². The van der Waals surface area contributed by atoms with Crippen molar-refractivity contribution in [2.75, 3.05) is 37.0 Å². The van der Waals surface area contributed by atoms with E-state index in [2.05, 4.69) is 40.3 Å². The van der Waals surface area contributed by atoms with Crippen molar-refractivity contribution in [1.82, 2.24) is 30.1 Å². The van der Waals surface area contributed by atoms with Gasteiger partial charge in [0.15, 0.2) is 15.7 Å². The van der Waals surface area contributed by atoms with Crippen LogP contribution in [0.4, 0.5) is 17.6 Å². The molecule has 1 saturated heterocycles. The molecule has 4 aromatic rings.